The molecule has 0 amide bonds. The van der Waals surface area contributed by atoms with Crippen molar-refractivity contribution >= 4 is 34.4 Å². The van der Waals surface area contributed by atoms with Crippen molar-refractivity contribution in [2.45, 2.75) is 0 Å². The van der Waals surface area contributed by atoms with Crippen molar-refractivity contribution in [3.05, 3.63) is 59.6 Å². The monoisotopic (exact) mass is 407 g/mol. The van der Waals surface area contributed by atoms with Crippen LogP contribution >= 0.6 is 11.6 Å². The summed E-state index contributed by atoms with van der Waals surface area (Å²) in [4.78, 5) is 11.4. The van der Waals surface area contributed by atoms with Gasteiger partial charge in [-0.05, 0) is 38.4 Å². The van der Waals surface area contributed by atoms with Gasteiger partial charge in [0.25, 0.3) is 0 Å². The van der Waals surface area contributed by atoms with Crippen molar-refractivity contribution in [3.8, 4) is 16.9 Å². The number of fused-ring (bicyclic) bond motifs is 1. The second kappa shape index (κ2) is 8.06. The van der Waals surface area contributed by atoms with E-state index in [1.807, 2.05) is 68.7 Å². The molecule has 148 valence electrons. The molecule has 3 N–H and O–H groups in total. The quantitative estimate of drug-likeness (QED) is 0.507. The van der Waals surface area contributed by atoms with Crippen LogP contribution in [0.1, 0.15) is 0 Å². The molecule has 4 aromatic rings. The van der Waals surface area contributed by atoms with Gasteiger partial charge < -0.3 is 16.0 Å². The summed E-state index contributed by atoms with van der Waals surface area (Å²) in [6.07, 6.45) is 0. The molecule has 0 radical (unpaired) electrons. The minimum absolute atomic E-state index is 0.487. The zero-order valence-corrected chi connectivity index (χ0v) is 17.1. The Bertz CT molecular complexity index is 1140. The fourth-order valence-electron chi connectivity index (χ4n) is 3.09. The third-order valence-electron chi connectivity index (χ3n) is 4.51. The van der Waals surface area contributed by atoms with E-state index in [0.717, 1.165) is 17.8 Å². The Morgan fingerprint density at radius 3 is 2.59 bits per heavy atom. The van der Waals surface area contributed by atoms with E-state index in [0.29, 0.717) is 40.1 Å². The minimum Gasteiger partial charge on any atom is -0.383 e. The lowest BCUT2D eigenvalue weighted by Gasteiger charge is -2.11. The van der Waals surface area contributed by atoms with Gasteiger partial charge in [-0.2, -0.15) is 4.98 Å². The number of benzene rings is 2. The van der Waals surface area contributed by atoms with Crippen LogP contribution in [0.2, 0.25) is 5.02 Å². The van der Waals surface area contributed by atoms with Crippen LogP contribution in [0.3, 0.4) is 0 Å². The lowest BCUT2D eigenvalue weighted by Crippen LogP contribution is -2.21. The van der Waals surface area contributed by atoms with Crippen LogP contribution in [0.4, 0.5) is 11.8 Å². The molecule has 2 aromatic carbocycles. The normalized spacial score (nSPS) is 11.3. The van der Waals surface area contributed by atoms with Gasteiger partial charge >= 0.3 is 0 Å². The first-order valence-electron chi connectivity index (χ1n) is 9.29. The van der Waals surface area contributed by atoms with Crippen LogP contribution in [0.5, 0.6) is 0 Å². The Kier molecular flexibility index (Phi) is 5.33. The molecule has 0 atom stereocenters. The molecule has 0 unspecified atom stereocenters. The van der Waals surface area contributed by atoms with E-state index in [1.54, 1.807) is 4.68 Å². The van der Waals surface area contributed by atoms with E-state index in [1.165, 1.54) is 0 Å². The van der Waals surface area contributed by atoms with Crippen molar-refractivity contribution in [1.29, 1.82) is 0 Å². The third kappa shape index (κ3) is 4.01. The SMILES string of the molecule is CN(C)CCNc1nc(-c2cccc(Cl)c2)c2c(N)n(-c3ccccc3)nc2n1. The Morgan fingerprint density at radius 1 is 1.07 bits per heavy atom. The van der Waals surface area contributed by atoms with E-state index in [9.17, 15) is 0 Å². The van der Waals surface area contributed by atoms with Crippen LogP contribution in [-0.2, 0) is 0 Å². The number of para-hydroxylation sites is 1. The first kappa shape index (κ1) is 19.2. The molecule has 0 aliphatic carbocycles. The van der Waals surface area contributed by atoms with E-state index < -0.39 is 0 Å². The van der Waals surface area contributed by atoms with Gasteiger partial charge in [0.15, 0.2) is 5.65 Å². The number of halogens is 1. The maximum atomic E-state index is 6.50. The number of rotatable bonds is 6. The highest BCUT2D eigenvalue weighted by Crippen LogP contribution is 2.33. The number of likely N-dealkylation sites (N-methyl/N-ethyl adjacent to an activating group) is 1. The molecule has 0 saturated carbocycles. The number of anilines is 2. The number of nitrogens with zero attached hydrogens (tertiary/aromatic N) is 5. The van der Waals surface area contributed by atoms with Gasteiger partial charge in [0.1, 0.15) is 5.82 Å². The average molecular weight is 408 g/mol. The number of nitrogens with one attached hydrogen (secondary N) is 1. The van der Waals surface area contributed by atoms with Gasteiger partial charge in [-0.15, -0.1) is 5.10 Å². The summed E-state index contributed by atoms with van der Waals surface area (Å²) in [5.41, 5.74) is 9.45. The van der Waals surface area contributed by atoms with Crippen LogP contribution in [-0.4, -0.2) is 51.8 Å². The molecule has 0 aliphatic rings. The molecule has 2 heterocycles. The summed E-state index contributed by atoms with van der Waals surface area (Å²) in [7, 11) is 4.04. The molecule has 7 nitrogen and oxygen atoms in total. The van der Waals surface area contributed by atoms with Gasteiger partial charge in [-0.25, -0.2) is 9.67 Å². The highest BCUT2D eigenvalue weighted by molar-refractivity contribution is 6.30. The van der Waals surface area contributed by atoms with Crippen LogP contribution in [0, 0.1) is 0 Å². The average Bonchev–Trinajstić information content (AvgIpc) is 3.04. The second-order valence-electron chi connectivity index (χ2n) is 6.97. The standard InChI is InChI=1S/C21H22ClN7/c1-28(2)12-11-24-21-25-18(14-7-6-8-15(22)13-14)17-19(23)29(27-20(17)26-21)16-9-4-3-5-10-16/h3-10,13H,11-12,23H2,1-2H3,(H,24,26,27). The molecule has 0 aliphatic heterocycles. The fourth-order valence-corrected chi connectivity index (χ4v) is 3.28. The fraction of sp³-hybridized carbons (Fsp3) is 0.190. The van der Waals surface area contributed by atoms with Crippen molar-refractivity contribution < 1.29 is 0 Å². The number of hydrogen-bond donors (Lipinski definition) is 2. The Hall–Kier alpha value is -3.16. The summed E-state index contributed by atoms with van der Waals surface area (Å²) < 4.78 is 1.69. The molecule has 29 heavy (non-hydrogen) atoms. The molecule has 0 saturated heterocycles. The van der Waals surface area contributed by atoms with Crippen LogP contribution in [0.15, 0.2) is 54.6 Å². The third-order valence-corrected chi connectivity index (χ3v) is 4.75. The molecule has 8 heteroatoms. The van der Waals surface area contributed by atoms with Crippen molar-refractivity contribution in [1.82, 2.24) is 24.6 Å². The lowest BCUT2D eigenvalue weighted by molar-refractivity contribution is 0.425. The Balaban J connectivity index is 1.88. The highest BCUT2D eigenvalue weighted by atomic mass is 35.5. The van der Waals surface area contributed by atoms with Gasteiger partial charge in [0.2, 0.25) is 5.95 Å². The lowest BCUT2D eigenvalue weighted by atomic mass is 10.1. The van der Waals surface area contributed by atoms with Crippen LogP contribution in [0.25, 0.3) is 28.0 Å². The summed E-state index contributed by atoms with van der Waals surface area (Å²) in [5, 5.41) is 9.26. The molecular weight excluding hydrogens is 386 g/mol. The van der Waals surface area contributed by atoms with Crippen LogP contribution < -0.4 is 11.1 Å². The number of aromatic nitrogens is 4. The number of nitrogens with two attached hydrogens (primary N) is 1. The van der Waals surface area contributed by atoms with Crippen molar-refractivity contribution in [2.24, 2.45) is 0 Å². The summed E-state index contributed by atoms with van der Waals surface area (Å²) in [6.45, 7) is 1.57. The smallest absolute Gasteiger partial charge is 0.225 e. The summed E-state index contributed by atoms with van der Waals surface area (Å²) >= 11 is 6.23. The molecule has 0 bridgehead atoms. The van der Waals surface area contributed by atoms with Gasteiger partial charge in [-0.3, -0.25) is 0 Å². The van der Waals surface area contributed by atoms with E-state index in [-0.39, 0.29) is 0 Å². The summed E-state index contributed by atoms with van der Waals surface area (Å²) in [5.74, 6) is 0.994. The maximum absolute atomic E-state index is 6.50. The second-order valence-corrected chi connectivity index (χ2v) is 7.40. The largest absolute Gasteiger partial charge is 0.383 e. The minimum atomic E-state index is 0.487. The zero-order chi connectivity index (χ0) is 20.4. The predicted octanol–water partition coefficient (Wildman–Crippen LogP) is 3.69. The van der Waals surface area contributed by atoms with Gasteiger partial charge in [-0.1, -0.05) is 41.9 Å². The molecule has 2 aromatic heterocycles. The predicted molar refractivity (Wildman–Crippen MR) is 119 cm³/mol. The Labute approximate surface area is 174 Å². The van der Waals surface area contributed by atoms with Crippen molar-refractivity contribution in [3.63, 3.8) is 0 Å². The first-order chi connectivity index (χ1) is 14.0. The first-order valence-corrected chi connectivity index (χ1v) is 9.67. The number of nitrogen functional groups attached to an aromatic ring is 1. The van der Waals surface area contributed by atoms with Gasteiger partial charge in [0.05, 0.1) is 16.8 Å². The topological polar surface area (TPSA) is 84.9 Å². The van der Waals surface area contributed by atoms with Crippen molar-refractivity contribution in [2.75, 3.05) is 38.2 Å². The molecule has 4 rings (SSSR count). The van der Waals surface area contributed by atoms with E-state index >= 15 is 0 Å². The maximum Gasteiger partial charge on any atom is 0.225 e. The van der Waals surface area contributed by atoms with E-state index in [2.05, 4.69) is 20.3 Å². The molecule has 0 spiro atoms. The highest BCUT2D eigenvalue weighted by Gasteiger charge is 2.19. The summed E-state index contributed by atoms with van der Waals surface area (Å²) in [6, 6.07) is 17.3. The molecule has 0 fully saturated rings. The zero-order valence-electron chi connectivity index (χ0n) is 16.3. The number of hydrogen-bond acceptors (Lipinski definition) is 6. The Morgan fingerprint density at radius 2 is 1.86 bits per heavy atom. The molecular formula is C21H22ClN7. The van der Waals surface area contributed by atoms with Gasteiger partial charge in [0, 0.05) is 23.7 Å². The van der Waals surface area contributed by atoms with E-state index in [4.69, 9.17) is 22.3 Å².